The normalized spacial score (nSPS) is 10.8. The van der Waals surface area contributed by atoms with E-state index in [1.165, 1.54) is 12.0 Å². The molecule has 0 atom stereocenters. The SMILES string of the molecule is CCCNc1nc(SCCC(=O)OC)c2cc(C)sc2n1. The maximum atomic E-state index is 11.2. The molecule has 2 heterocycles. The second-order valence-corrected chi connectivity index (χ2v) is 6.85. The first-order valence-corrected chi connectivity index (χ1v) is 8.66. The monoisotopic (exact) mass is 325 g/mol. The first-order chi connectivity index (χ1) is 10.1. The number of thiophene rings is 1. The minimum atomic E-state index is -0.196. The van der Waals surface area contributed by atoms with Crippen LogP contribution in [-0.2, 0) is 9.53 Å². The number of nitrogens with one attached hydrogen (secondary N) is 1. The molecular weight excluding hydrogens is 306 g/mol. The first kappa shape index (κ1) is 16.0. The van der Waals surface area contributed by atoms with Crippen LogP contribution in [0.3, 0.4) is 0 Å². The second kappa shape index (κ2) is 7.61. The van der Waals surface area contributed by atoms with Crippen LogP contribution in [0.5, 0.6) is 0 Å². The zero-order valence-corrected chi connectivity index (χ0v) is 14.1. The van der Waals surface area contributed by atoms with Crippen molar-refractivity contribution in [2.24, 2.45) is 0 Å². The van der Waals surface area contributed by atoms with Gasteiger partial charge in [0.25, 0.3) is 0 Å². The summed E-state index contributed by atoms with van der Waals surface area (Å²) >= 11 is 3.23. The highest BCUT2D eigenvalue weighted by Gasteiger charge is 2.12. The first-order valence-electron chi connectivity index (χ1n) is 6.85. The van der Waals surface area contributed by atoms with E-state index in [0.29, 0.717) is 18.1 Å². The van der Waals surface area contributed by atoms with Crippen molar-refractivity contribution in [3.63, 3.8) is 0 Å². The fraction of sp³-hybridized carbons (Fsp3) is 0.500. The maximum Gasteiger partial charge on any atom is 0.306 e. The lowest BCUT2D eigenvalue weighted by Crippen LogP contribution is -2.05. The number of fused-ring (bicyclic) bond motifs is 1. The molecule has 1 N–H and O–H groups in total. The van der Waals surface area contributed by atoms with Crippen molar-refractivity contribution in [1.82, 2.24) is 9.97 Å². The predicted octanol–water partition coefficient (Wildman–Crippen LogP) is 3.48. The minimum absolute atomic E-state index is 0.196. The van der Waals surface area contributed by atoms with Gasteiger partial charge in [-0.3, -0.25) is 4.79 Å². The standard InChI is InChI=1S/C14H19N3O2S2/c1-4-6-15-14-16-12(20-7-5-11(18)19-3)10-8-9(2)21-13(10)17-14/h8H,4-7H2,1-3H3,(H,15,16,17). The molecular formula is C14H19N3O2S2. The quantitative estimate of drug-likeness (QED) is 0.478. The van der Waals surface area contributed by atoms with E-state index in [1.807, 2.05) is 0 Å². The summed E-state index contributed by atoms with van der Waals surface area (Å²) < 4.78 is 4.66. The fourth-order valence-electron chi connectivity index (χ4n) is 1.77. The molecule has 2 aromatic rings. The number of aromatic nitrogens is 2. The van der Waals surface area contributed by atoms with Gasteiger partial charge in [0.05, 0.1) is 13.5 Å². The number of nitrogens with zero attached hydrogens (tertiary/aromatic N) is 2. The van der Waals surface area contributed by atoms with E-state index in [1.54, 1.807) is 23.1 Å². The lowest BCUT2D eigenvalue weighted by atomic mass is 10.4. The average molecular weight is 325 g/mol. The highest BCUT2D eigenvalue weighted by atomic mass is 32.2. The summed E-state index contributed by atoms with van der Waals surface area (Å²) in [6.45, 7) is 5.02. The Bertz CT molecular complexity index is 628. The molecule has 0 aliphatic heterocycles. The van der Waals surface area contributed by atoms with Gasteiger partial charge in [0, 0.05) is 22.6 Å². The Morgan fingerprint density at radius 1 is 1.48 bits per heavy atom. The molecule has 0 aliphatic carbocycles. The Kier molecular flexibility index (Phi) is 5.81. The lowest BCUT2D eigenvalue weighted by Gasteiger charge is -2.06. The molecule has 0 unspecified atom stereocenters. The van der Waals surface area contributed by atoms with Crippen LogP contribution < -0.4 is 5.32 Å². The summed E-state index contributed by atoms with van der Waals surface area (Å²) in [6, 6.07) is 2.10. The van der Waals surface area contributed by atoms with Crippen molar-refractivity contribution in [3.8, 4) is 0 Å². The summed E-state index contributed by atoms with van der Waals surface area (Å²) in [5.74, 6) is 1.12. The summed E-state index contributed by atoms with van der Waals surface area (Å²) in [6.07, 6.45) is 1.41. The van der Waals surface area contributed by atoms with E-state index >= 15 is 0 Å². The number of carbonyl (C=O) groups is 1. The third-order valence-corrected chi connectivity index (χ3v) is 4.72. The van der Waals surface area contributed by atoms with E-state index in [-0.39, 0.29) is 5.97 Å². The Labute approximate surface area is 132 Å². The topological polar surface area (TPSA) is 64.1 Å². The molecule has 0 bridgehead atoms. The summed E-state index contributed by atoms with van der Waals surface area (Å²) in [7, 11) is 1.41. The van der Waals surface area contributed by atoms with Gasteiger partial charge < -0.3 is 10.1 Å². The summed E-state index contributed by atoms with van der Waals surface area (Å²) in [4.78, 5) is 22.5. The van der Waals surface area contributed by atoms with Crippen molar-refractivity contribution in [3.05, 3.63) is 10.9 Å². The number of aryl methyl sites for hydroxylation is 1. The molecule has 0 fully saturated rings. The Hall–Kier alpha value is -1.34. The molecule has 5 nitrogen and oxygen atoms in total. The van der Waals surface area contributed by atoms with E-state index in [2.05, 4.69) is 39.9 Å². The molecule has 0 saturated carbocycles. The number of hydrogen-bond donors (Lipinski definition) is 1. The largest absolute Gasteiger partial charge is 0.469 e. The Morgan fingerprint density at radius 2 is 2.29 bits per heavy atom. The molecule has 114 valence electrons. The minimum Gasteiger partial charge on any atom is -0.469 e. The Morgan fingerprint density at radius 3 is 3.00 bits per heavy atom. The van der Waals surface area contributed by atoms with Gasteiger partial charge in [-0.2, -0.15) is 0 Å². The molecule has 2 rings (SSSR count). The van der Waals surface area contributed by atoms with E-state index in [9.17, 15) is 4.79 Å². The highest BCUT2D eigenvalue weighted by Crippen LogP contribution is 2.32. The van der Waals surface area contributed by atoms with E-state index < -0.39 is 0 Å². The van der Waals surface area contributed by atoms with Gasteiger partial charge in [-0.05, 0) is 19.4 Å². The number of carbonyl (C=O) groups excluding carboxylic acids is 1. The van der Waals surface area contributed by atoms with Gasteiger partial charge in [0.15, 0.2) is 0 Å². The van der Waals surface area contributed by atoms with Crippen molar-refractivity contribution in [2.45, 2.75) is 31.7 Å². The number of anilines is 1. The second-order valence-electron chi connectivity index (χ2n) is 4.53. The van der Waals surface area contributed by atoms with Crippen molar-refractivity contribution in [2.75, 3.05) is 24.7 Å². The van der Waals surface area contributed by atoms with Crippen LogP contribution in [-0.4, -0.2) is 35.3 Å². The van der Waals surface area contributed by atoms with E-state index in [0.717, 1.165) is 28.2 Å². The van der Waals surface area contributed by atoms with Gasteiger partial charge in [0.2, 0.25) is 5.95 Å². The fourth-order valence-corrected chi connectivity index (χ4v) is 3.64. The molecule has 0 spiro atoms. The molecule has 0 saturated heterocycles. The van der Waals surface area contributed by atoms with Crippen LogP contribution in [0.2, 0.25) is 0 Å². The van der Waals surface area contributed by atoms with Crippen LogP contribution in [0, 0.1) is 6.92 Å². The van der Waals surface area contributed by atoms with E-state index in [4.69, 9.17) is 0 Å². The van der Waals surface area contributed by atoms with Gasteiger partial charge in [-0.25, -0.2) is 9.97 Å². The number of ether oxygens (including phenoxy) is 1. The molecule has 0 radical (unpaired) electrons. The van der Waals surface area contributed by atoms with Crippen molar-refractivity contribution >= 4 is 45.2 Å². The van der Waals surface area contributed by atoms with Crippen LogP contribution in [0.25, 0.3) is 10.2 Å². The average Bonchev–Trinajstić information content (AvgIpc) is 2.85. The van der Waals surface area contributed by atoms with Gasteiger partial charge in [-0.1, -0.05) is 6.92 Å². The number of rotatable bonds is 7. The maximum absolute atomic E-state index is 11.2. The molecule has 0 amide bonds. The summed E-state index contributed by atoms with van der Waals surface area (Å²) in [5.41, 5.74) is 0. The molecule has 0 aliphatic rings. The molecule has 7 heteroatoms. The Balaban J connectivity index is 2.19. The van der Waals surface area contributed by atoms with Gasteiger partial charge >= 0.3 is 5.97 Å². The third kappa shape index (κ3) is 4.31. The number of hydrogen-bond acceptors (Lipinski definition) is 7. The molecule has 21 heavy (non-hydrogen) atoms. The smallest absolute Gasteiger partial charge is 0.306 e. The van der Waals surface area contributed by atoms with Gasteiger partial charge in [0.1, 0.15) is 9.86 Å². The number of esters is 1. The third-order valence-electron chi connectivity index (χ3n) is 2.79. The van der Waals surface area contributed by atoms with Crippen molar-refractivity contribution in [1.29, 1.82) is 0 Å². The number of thioether (sulfide) groups is 1. The zero-order valence-electron chi connectivity index (χ0n) is 12.4. The van der Waals surface area contributed by atoms with Crippen LogP contribution in [0.4, 0.5) is 5.95 Å². The predicted molar refractivity (Wildman–Crippen MR) is 88.3 cm³/mol. The van der Waals surface area contributed by atoms with Gasteiger partial charge in [-0.15, -0.1) is 23.1 Å². The van der Waals surface area contributed by atoms with Crippen LogP contribution >= 0.6 is 23.1 Å². The highest BCUT2D eigenvalue weighted by molar-refractivity contribution is 7.99. The molecule has 2 aromatic heterocycles. The summed E-state index contributed by atoms with van der Waals surface area (Å²) in [5, 5.41) is 5.21. The van der Waals surface area contributed by atoms with Crippen LogP contribution in [0.15, 0.2) is 11.1 Å². The zero-order chi connectivity index (χ0) is 15.2. The van der Waals surface area contributed by atoms with Crippen LogP contribution in [0.1, 0.15) is 24.6 Å². The molecule has 0 aromatic carbocycles. The lowest BCUT2D eigenvalue weighted by molar-refractivity contribution is -0.140. The number of methoxy groups -OCH3 is 1. The van der Waals surface area contributed by atoms with Crippen molar-refractivity contribution < 1.29 is 9.53 Å².